The lowest BCUT2D eigenvalue weighted by Crippen LogP contribution is -2.36. The maximum atomic E-state index is 5.27. The molecule has 0 radical (unpaired) electrons. The van der Waals surface area contributed by atoms with Gasteiger partial charge >= 0.3 is 0 Å². The Hall–Kier alpha value is -3.29. The lowest BCUT2D eigenvalue weighted by molar-refractivity contribution is 0.414. The maximum Gasteiger partial charge on any atom is 0.216 e. The average Bonchev–Trinajstić information content (AvgIpc) is 3.33. The van der Waals surface area contributed by atoms with E-state index in [1.165, 1.54) is 0 Å². The van der Waals surface area contributed by atoms with Gasteiger partial charge in [0.25, 0.3) is 0 Å². The molecule has 3 N–H and O–H groups in total. The number of aromatic nitrogens is 3. The van der Waals surface area contributed by atoms with Crippen LogP contribution in [0, 0.1) is 0 Å². The molecule has 0 unspecified atom stereocenters. The first-order chi connectivity index (χ1) is 12.3. The summed E-state index contributed by atoms with van der Waals surface area (Å²) >= 11 is 0. The van der Waals surface area contributed by atoms with Crippen LogP contribution in [0.5, 0.6) is 5.75 Å². The Labute approximate surface area is 145 Å². The molecular weight excluding hydrogens is 320 g/mol. The Balaban J connectivity index is 1.52. The molecule has 0 atom stereocenters. The summed E-state index contributed by atoms with van der Waals surface area (Å²) in [5, 5.41) is 13.4. The van der Waals surface area contributed by atoms with Crippen molar-refractivity contribution in [3.63, 3.8) is 0 Å². The number of ether oxygens (including phenoxy) is 1. The minimum atomic E-state index is 0.464. The SMILES string of the molecule is CN=C(NCc1cccc(OC)c1)NCc1nc(-c2ccco2)n[nH]1. The van der Waals surface area contributed by atoms with Crippen molar-refractivity contribution in [2.24, 2.45) is 4.99 Å². The van der Waals surface area contributed by atoms with Crippen LogP contribution < -0.4 is 15.4 Å². The van der Waals surface area contributed by atoms with Crippen molar-refractivity contribution in [2.45, 2.75) is 13.1 Å². The summed E-state index contributed by atoms with van der Waals surface area (Å²) in [4.78, 5) is 8.58. The highest BCUT2D eigenvalue weighted by atomic mass is 16.5. The Morgan fingerprint density at radius 3 is 2.88 bits per heavy atom. The smallest absolute Gasteiger partial charge is 0.216 e. The van der Waals surface area contributed by atoms with Crippen molar-refractivity contribution < 1.29 is 9.15 Å². The highest BCUT2D eigenvalue weighted by molar-refractivity contribution is 5.79. The first-order valence-corrected chi connectivity index (χ1v) is 7.81. The number of nitrogens with zero attached hydrogens (tertiary/aromatic N) is 3. The molecule has 25 heavy (non-hydrogen) atoms. The first kappa shape index (κ1) is 16.6. The molecule has 0 aliphatic rings. The lowest BCUT2D eigenvalue weighted by atomic mass is 10.2. The predicted molar refractivity (Wildman–Crippen MR) is 94.1 cm³/mol. The second-order valence-electron chi connectivity index (χ2n) is 5.21. The molecule has 130 valence electrons. The minimum absolute atomic E-state index is 0.464. The van der Waals surface area contributed by atoms with Crippen molar-refractivity contribution in [2.75, 3.05) is 14.2 Å². The first-order valence-electron chi connectivity index (χ1n) is 7.81. The van der Waals surface area contributed by atoms with Crippen LogP contribution in [0.1, 0.15) is 11.4 Å². The van der Waals surface area contributed by atoms with Gasteiger partial charge in [0, 0.05) is 13.6 Å². The Morgan fingerprint density at radius 2 is 2.12 bits per heavy atom. The molecule has 2 heterocycles. The van der Waals surface area contributed by atoms with Crippen LogP contribution in [0.15, 0.2) is 52.1 Å². The monoisotopic (exact) mass is 340 g/mol. The highest BCUT2D eigenvalue weighted by Gasteiger charge is 2.08. The molecule has 1 aromatic carbocycles. The van der Waals surface area contributed by atoms with E-state index in [1.807, 2.05) is 30.3 Å². The fraction of sp³-hybridized carbons (Fsp3) is 0.235. The molecule has 0 spiro atoms. The number of H-pyrrole nitrogens is 1. The molecule has 0 fully saturated rings. The highest BCUT2D eigenvalue weighted by Crippen LogP contribution is 2.14. The minimum Gasteiger partial charge on any atom is -0.497 e. The number of hydrogen-bond acceptors (Lipinski definition) is 5. The van der Waals surface area contributed by atoms with Crippen LogP contribution in [0.4, 0.5) is 0 Å². The fourth-order valence-corrected chi connectivity index (χ4v) is 2.25. The van der Waals surface area contributed by atoms with E-state index in [0.29, 0.717) is 36.5 Å². The molecule has 0 saturated carbocycles. The van der Waals surface area contributed by atoms with Crippen LogP contribution in [-0.2, 0) is 13.1 Å². The lowest BCUT2D eigenvalue weighted by Gasteiger charge is -2.11. The number of hydrogen-bond donors (Lipinski definition) is 3. The topological polar surface area (TPSA) is 100 Å². The van der Waals surface area contributed by atoms with Crippen LogP contribution in [0.3, 0.4) is 0 Å². The summed E-state index contributed by atoms with van der Waals surface area (Å²) in [5.74, 6) is 3.34. The fourth-order valence-electron chi connectivity index (χ4n) is 2.25. The van der Waals surface area contributed by atoms with Gasteiger partial charge in [-0.3, -0.25) is 10.1 Å². The molecule has 0 bridgehead atoms. The van der Waals surface area contributed by atoms with Crippen molar-refractivity contribution in [1.29, 1.82) is 0 Å². The zero-order valence-corrected chi connectivity index (χ0v) is 14.1. The summed E-state index contributed by atoms with van der Waals surface area (Å²) in [6.45, 7) is 1.09. The normalized spacial score (nSPS) is 11.4. The van der Waals surface area contributed by atoms with E-state index in [-0.39, 0.29) is 0 Å². The standard InChI is InChI=1S/C17H20N6O2/c1-18-17(19-10-12-5-3-6-13(9-12)24-2)20-11-15-21-16(23-22-15)14-7-4-8-25-14/h3-9H,10-11H2,1-2H3,(H2,18,19,20)(H,21,22,23). The number of aliphatic imine (C=N–C) groups is 1. The molecule has 0 aliphatic heterocycles. The van der Waals surface area contributed by atoms with Crippen LogP contribution in [-0.4, -0.2) is 35.3 Å². The summed E-state index contributed by atoms with van der Waals surface area (Å²) in [7, 11) is 3.37. The van der Waals surface area contributed by atoms with Gasteiger partial charge in [0.1, 0.15) is 11.6 Å². The van der Waals surface area contributed by atoms with E-state index >= 15 is 0 Å². The third-order valence-corrected chi connectivity index (χ3v) is 3.51. The van der Waals surface area contributed by atoms with Crippen molar-refractivity contribution in [3.05, 3.63) is 54.0 Å². The number of benzene rings is 1. The number of furan rings is 1. The summed E-state index contributed by atoms with van der Waals surface area (Å²) < 4.78 is 10.5. The van der Waals surface area contributed by atoms with E-state index in [4.69, 9.17) is 9.15 Å². The Bertz CT molecular complexity index is 825. The number of guanidine groups is 1. The van der Waals surface area contributed by atoms with Crippen LogP contribution >= 0.6 is 0 Å². The molecule has 2 aromatic heterocycles. The summed E-state index contributed by atoms with van der Waals surface area (Å²) in [5.41, 5.74) is 1.10. The molecule has 3 aromatic rings. The quantitative estimate of drug-likeness (QED) is 0.468. The van der Waals surface area contributed by atoms with E-state index in [1.54, 1.807) is 26.5 Å². The van der Waals surface area contributed by atoms with E-state index < -0.39 is 0 Å². The van der Waals surface area contributed by atoms with Gasteiger partial charge < -0.3 is 19.8 Å². The van der Waals surface area contributed by atoms with Gasteiger partial charge in [-0.05, 0) is 29.8 Å². The average molecular weight is 340 g/mol. The second kappa shape index (κ2) is 8.00. The van der Waals surface area contributed by atoms with Gasteiger partial charge in [0.2, 0.25) is 5.82 Å². The van der Waals surface area contributed by atoms with E-state index in [0.717, 1.165) is 11.3 Å². The summed E-state index contributed by atoms with van der Waals surface area (Å²) in [6.07, 6.45) is 1.59. The van der Waals surface area contributed by atoms with Crippen LogP contribution in [0.2, 0.25) is 0 Å². The molecule has 3 rings (SSSR count). The van der Waals surface area contributed by atoms with Crippen LogP contribution in [0.25, 0.3) is 11.6 Å². The number of nitrogens with one attached hydrogen (secondary N) is 3. The molecule has 0 amide bonds. The van der Waals surface area contributed by atoms with Gasteiger partial charge in [-0.2, -0.15) is 0 Å². The molecule has 0 saturated heterocycles. The molecule has 8 nitrogen and oxygen atoms in total. The maximum absolute atomic E-state index is 5.27. The van der Waals surface area contributed by atoms with Gasteiger partial charge in [0.15, 0.2) is 11.7 Å². The molecule has 8 heteroatoms. The summed E-state index contributed by atoms with van der Waals surface area (Å²) in [6, 6.07) is 11.5. The van der Waals surface area contributed by atoms with E-state index in [2.05, 4.69) is 30.8 Å². The van der Waals surface area contributed by atoms with Gasteiger partial charge in [0.05, 0.1) is 19.9 Å². The third kappa shape index (κ3) is 4.37. The Morgan fingerprint density at radius 1 is 1.24 bits per heavy atom. The largest absolute Gasteiger partial charge is 0.497 e. The zero-order chi connectivity index (χ0) is 17.5. The van der Waals surface area contributed by atoms with Gasteiger partial charge in [-0.15, -0.1) is 5.10 Å². The van der Waals surface area contributed by atoms with Crippen molar-refractivity contribution >= 4 is 5.96 Å². The second-order valence-corrected chi connectivity index (χ2v) is 5.21. The van der Waals surface area contributed by atoms with Gasteiger partial charge in [-0.1, -0.05) is 12.1 Å². The molecule has 0 aliphatic carbocycles. The van der Waals surface area contributed by atoms with E-state index in [9.17, 15) is 0 Å². The van der Waals surface area contributed by atoms with Crippen molar-refractivity contribution in [3.8, 4) is 17.3 Å². The zero-order valence-electron chi connectivity index (χ0n) is 14.1. The van der Waals surface area contributed by atoms with Crippen molar-refractivity contribution in [1.82, 2.24) is 25.8 Å². The number of rotatable bonds is 6. The van der Waals surface area contributed by atoms with Gasteiger partial charge in [-0.25, -0.2) is 4.98 Å². The third-order valence-electron chi connectivity index (χ3n) is 3.51. The Kier molecular flexibility index (Phi) is 5.30. The predicted octanol–water partition coefficient (Wildman–Crippen LogP) is 1.94. The number of methoxy groups -OCH3 is 1. The number of aromatic amines is 1. The molecular formula is C17H20N6O2.